The van der Waals surface area contributed by atoms with Gasteiger partial charge in [-0.2, -0.15) is 21.0 Å². The van der Waals surface area contributed by atoms with Crippen LogP contribution < -0.4 is 5.73 Å². The van der Waals surface area contributed by atoms with E-state index in [0.717, 1.165) is 18.8 Å². The molecular weight excluding hydrogens is 166 g/mol. The van der Waals surface area contributed by atoms with Crippen LogP contribution in [0.4, 0.5) is 0 Å². The monoisotopic (exact) mass is 171 g/mol. The molecule has 0 spiro atoms. The Morgan fingerprint density at radius 1 is 0.750 bits per heavy atom. The minimum Gasteiger partial charge on any atom is -0.443 e. The fourth-order valence-electron chi connectivity index (χ4n) is 0. The van der Waals surface area contributed by atoms with E-state index in [4.69, 9.17) is 36.4 Å². The van der Waals surface area contributed by atoms with E-state index >= 15 is 0 Å². The predicted molar refractivity (Wildman–Crippen MR) is 32.4 cm³/mol. The van der Waals surface area contributed by atoms with Gasteiger partial charge in [-0.05, 0) is 0 Å². The van der Waals surface area contributed by atoms with Gasteiger partial charge in [0.25, 0.3) is 18.8 Å². The van der Waals surface area contributed by atoms with Crippen molar-refractivity contribution in [3.05, 3.63) is 0 Å². The standard InChI is InChI=1S/CH2N2.3CHNO/c4*2-1-3/h2H2;3*3H. The Kier molecular flexibility index (Phi) is 593. The van der Waals surface area contributed by atoms with Crippen LogP contribution in [0, 0.1) is 46.0 Å². The molecule has 0 rings (SSSR count). The highest BCUT2D eigenvalue weighted by Crippen LogP contribution is 1.07. The molecule has 0 aromatic rings. The molecule has 0 heterocycles. The molecule has 64 valence electrons. The van der Waals surface area contributed by atoms with Gasteiger partial charge in [0.1, 0.15) is 0 Å². The summed E-state index contributed by atoms with van der Waals surface area (Å²) in [7, 11) is 0. The second-order valence-electron chi connectivity index (χ2n) is 0.429. The van der Waals surface area contributed by atoms with Crippen LogP contribution in [0.25, 0.3) is 0 Å². The van der Waals surface area contributed by atoms with Crippen LogP contribution in [0.3, 0.4) is 0 Å². The molecule has 0 atom stereocenters. The Hall–Kier alpha value is -2.84. The molecule has 0 aliphatic heterocycles. The van der Waals surface area contributed by atoms with Crippen molar-refractivity contribution in [3.8, 4) is 25.0 Å². The zero-order valence-corrected chi connectivity index (χ0v) is 5.71. The second kappa shape index (κ2) is 311. The molecule has 0 aromatic carbocycles. The summed E-state index contributed by atoms with van der Waals surface area (Å²) >= 11 is 0. The smallest absolute Gasteiger partial charge is 0.283 e. The van der Waals surface area contributed by atoms with Crippen LogP contribution in [-0.4, -0.2) is 15.3 Å². The zero-order valence-electron chi connectivity index (χ0n) is 5.71. The average Bonchev–Trinajstić information content (AvgIpc) is 1.92. The Labute approximate surface area is 68.1 Å². The lowest BCUT2D eigenvalue weighted by Gasteiger charge is -1.25. The molecule has 0 aromatic heterocycles. The van der Waals surface area contributed by atoms with Crippen molar-refractivity contribution in [1.82, 2.24) is 0 Å². The van der Waals surface area contributed by atoms with Crippen molar-refractivity contribution in [3.63, 3.8) is 0 Å². The van der Waals surface area contributed by atoms with Gasteiger partial charge in [0, 0.05) is 0 Å². The quantitative estimate of drug-likeness (QED) is 0.262. The van der Waals surface area contributed by atoms with E-state index in [2.05, 4.69) is 5.73 Å². The van der Waals surface area contributed by atoms with Crippen LogP contribution >= 0.6 is 0 Å². The molecule has 0 saturated carbocycles. The lowest BCUT2D eigenvalue weighted by molar-refractivity contribution is 0.502. The van der Waals surface area contributed by atoms with Crippen molar-refractivity contribution in [2.45, 2.75) is 0 Å². The summed E-state index contributed by atoms with van der Waals surface area (Å²) < 4.78 is 0. The van der Waals surface area contributed by atoms with Crippen LogP contribution in [-0.2, 0) is 0 Å². The van der Waals surface area contributed by atoms with E-state index in [1.165, 1.54) is 6.19 Å². The highest BCUT2D eigenvalue weighted by Gasteiger charge is 1.17. The lowest BCUT2D eigenvalue weighted by Crippen LogP contribution is -1.69. The topological polar surface area (TPSA) is 182 Å². The van der Waals surface area contributed by atoms with Gasteiger partial charge in [0.15, 0.2) is 6.19 Å². The summed E-state index contributed by atoms with van der Waals surface area (Å²) in [5, 5.41) is 48.3. The molecule has 0 radical (unpaired) electrons. The number of hydrogen-bond donors (Lipinski definition) is 4. The lowest BCUT2D eigenvalue weighted by atomic mass is 11.5. The summed E-state index contributed by atoms with van der Waals surface area (Å²) in [4.78, 5) is 0. The summed E-state index contributed by atoms with van der Waals surface area (Å²) in [5.74, 6) is 0. The first-order valence-corrected chi connectivity index (χ1v) is 1.85. The molecule has 8 heteroatoms. The molecule has 0 aliphatic rings. The third-order valence-electron chi connectivity index (χ3n) is 0. The van der Waals surface area contributed by atoms with Crippen molar-refractivity contribution in [2.24, 2.45) is 5.73 Å². The number of aliphatic hydroxyl groups excluding tert-OH is 3. The Balaban J connectivity index is -0.0000000356. The minimum atomic E-state index is 0.750. The van der Waals surface area contributed by atoms with Gasteiger partial charge < -0.3 is 21.1 Å². The molecule has 0 aliphatic carbocycles. The van der Waals surface area contributed by atoms with E-state index in [0.29, 0.717) is 0 Å². The summed E-state index contributed by atoms with van der Waals surface area (Å²) in [5.41, 5.74) is 4.15. The molecule has 0 unspecified atom stereocenters. The van der Waals surface area contributed by atoms with Gasteiger partial charge >= 0.3 is 0 Å². The van der Waals surface area contributed by atoms with Gasteiger partial charge in [0.2, 0.25) is 0 Å². The van der Waals surface area contributed by atoms with Gasteiger partial charge in [-0.15, -0.1) is 0 Å². The number of nitrogens with zero attached hydrogens (tertiary/aromatic N) is 4. The molecule has 8 nitrogen and oxygen atoms in total. The first kappa shape index (κ1) is 22.9. The normalized spacial score (nSPS) is 2.33. The van der Waals surface area contributed by atoms with E-state index < -0.39 is 0 Å². The van der Waals surface area contributed by atoms with Crippen LogP contribution in [0.15, 0.2) is 0 Å². The highest BCUT2D eigenvalue weighted by atomic mass is 16.2. The van der Waals surface area contributed by atoms with E-state index in [9.17, 15) is 0 Å². The van der Waals surface area contributed by atoms with Crippen LogP contribution in [0.2, 0.25) is 0 Å². The van der Waals surface area contributed by atoms with Crippen molar-refractivity contribution >= 4 is 0 Å². The van der Waals surface area contributed by atoms with Crippen molar-refractivity contribution < 1.29 is 15.3 Å². The molecule has 0 fully saturated rings. The maximum atomic E-state index is 7.10. The molecule has 5 N–H and O–H groups in total. The molecule has 0 saturated heterocycles. The fourth-order valence-corrected chi connectivity index (χ4v) is 0. The van der Waals surface area contributed by atoms with Gasteiger partial charge in [-0.3, -0.25) is 0 Å². The van der Waals surface area contributed by atoms with Gasteiger partial charge in [-0.1, -0.05) is 0 Å². The first-order valence-electron chi connectivity index (χ1n) is 1.85. The predicted octanol–water partition coefficient (Wildman–Crippen LogP) is -1.05. The Bertz CT molecular complexity index is 153. The average molecular weight is 171 g/mol. The minimum absolute atomic E-state index is 0.750. The highest BCUT2D eigenvalue weighted by molar-refractivity contribution is 4.46. The third-order valence-corrected chi connectivity index (χ3v) is 0. The summed E-state index contributed by atoms with van der Waals surface area (Å²) in [6.07, 6.45) is 3.50. The number of aliphatic hydroxyl groups is 3. The van der Waals surface area contributed by atoms with Gasteiger partial charge in [-0.25, -0.2) is 0 Å². The maximum absolute atomic E-state index is 7.10. The molecule has 0 amide bonds. The Morgan fingerprint density at radius 2 is 0.750 bits per heavy atom. The fraction of sp³-hybridized carbons (Fsp3) is 0. The number of nitriles is 4. The van der Waals surface area contributed by atoms with Crippen molar-refractivity contribution in [1.29, 1.82) is 21.0 Å². The van der Waals surface area contributed by atoms with Gasteiger partial charge in [0.05, 0.1) is 0 Å². The van der Waals surface area contributed by atoms with Crippen LogP contribution in [0.5, 0.6) is 0 Å². The molecule has 12 heavy (non-hydrogen) atoms. The van der Waals surface area contributed by atoms with E-state index in [-0.39, 0.29) is 0 Å². The first-order chi connectivity index (χ1) is 5.66. The number of hydrogen-bond acceptors (Lipinski definition) is 8. The third kappa shape index (κ3) is 33.7. The van der Waals surface area contributed by atoms with E-state index in [1.54, 1.807) is 0 Å². The Morgan fingerprint density at radius 3 is 0.750 bits per heavy atom. The number of rotatable bonds is 0. The van der Waals surface area contributed by atoms with E-state index in [1.807, 2.05) is 0 Å². The molecular formula is C4H5N5O3. The molecule has 0 bridgehead atoms. The largest absolute Gasteiger partial charge is 0.443 e. The zero-order chi connectivity index (χ0) is 10.8. The van der Waals surface area contributed by atoms with Crippen LogP contribution in [0.1, 0.15) is 0 Å². The summed E-state index contributed by atoms with van der Waals surface area (Å²) in [6, 6.07) is 0. The van der Waals surface area contributed by atoms with Crippen molar-refractivity contribution in [2.75, 3.05) is 0 Å². The second-order valence-corrected chi connectivity index (χ2v) is 0.429. The SMILES string of the molecule is N#CN.N#CO.N#CO.N#CO. The maximum Gasteiger partial charge on any atom is 0.283 e. The number of nitrogens with two attached hydrogens (primary N) is 1. The summed E-state index contributed by atoms with van der Waals surface area (Å²) in [6.45, 7) is 0.